The van der Waals surface area contributed by atoms with E-state index >= 15 is 0 Å². The summed E-state index contributed by atoms with van der Waals surface area (Å²) in [6.45, 7) is 4.52. The zero-order valence-corrected chi connectivity index (χ0v) is 9.69. The van der Waals surface area contributed by atoms with Crippen LogP contribution in [0.3, 0.4) is 0 Å². The first kappa shape index (κ1) is 11.8. The molecule has 16 heavy (non-hydrogen) atoms. The molecule has 0 aromatic heterocycles. The fourth-order valence-electron chi connectivity index (χ4n) is 2.39. The lowest BCUT2D eigenvalue weighted by Gasteiger charge is -2.36. The molecule has 5 nitrogen and oxygen atoms in total. The van der Waals surface area contributed by atoms with Gasteiger partial charge in [-0.05, 0) is 12.8 Å². The third-order valence-electron chi connectivity index (χ3n) is 3.39. The third kappa shape index (κ3) is 2.36. The molecule has 2 aliphatic rings. The predicted octanol–water partition coefficient (Wildman–Crippen LogP) is -0.653. The van der Waals surface area contributed by atoms with Crippen molar-refractivity contribution in [2.45, 2.75) is 38.0 Å². The Bertz CT molecular complexity index is 260. The topological polar surface area (TPSA) is 61.8 Å². The van der Waals surface area contributed by atoms with Gasteiger partial charge in [0.15, 0.2) is 0 Å². The molecule has 3 unspecified atom stereocenters. The normalized spacial score (nSPS) is 35.4. The van der Waals surface area contributed by atoms with Gasteiger partial charge in [0.05, 0.1) is 31.4 Å². The monoisotopic (exact) mass is 228 g/mol. The number of amides is 1. The number of β-amino-alcohol motifs (C(OH)–C–C–N with tert-alkyl or cyclic N) is 1. The molecule has 92 valence electrons. The van der Waals surface area contributed by atoms with Crippen molar-refractivity contribution in [3.8, 4) is 0 Å². The van der Waals surface area contributed by atoms with Gasteiger partial charge in [-0.2, -0.15) is 0 Å². The lowest BCUT2D eigenvalue weighted by atomic mass is 10.1. The van der Waals surface area contributed by atoms with Crippen LogP contribution >= 0.6 is 0 Å². The molecule has 0 saturated carbocycles. The number of hydrogen-bond donors (Lipinski definition) is 2. The number of rotatable bonds is 2. The number of aliphatic hydroxyl groups is 1. The zero-order valence-electron chi connectivity index (χ0n) is 9.69. The maximum absolute atomic E-state index is 12.2. The summed E-state index contributed by atoms with van der Waals surface area (Å²) in [6.07, 6.45) is 1.07. The average Bonchev–Trinajstić information content (AvgIpc) is 2.75. The van der Waals surface area contributed by atoms with Crippen LogP contribution in [0.25, 0.3) is 0 Å². The first-order valence-corrected chi connectivity index (χ1v) is 6.02. The van der Waals surface area contributed by atoms with Crippen molar-refractivity contribution < 1.29 is 14.6 Å². The molecule has 0 radical (unpaired) electrons. The molecule has 0 aromatic rings. The lowest BCUT2D eigenvalue weighted by Crippen LogP contribution is -2.53. The largest absolute Gasteiger partial charge is 0.392 e. The second-order valence-corrected chi connectivity index (χ2v) is 4.52. The molecule has 0 aromatic carbocycles. The van der Waals surface area contributed by atoms with Gasteiger partial charge in [0.2, 0.25) is 5.91 Å². The second kappa shape index (κ2) is 5.12. The molecular formula is C11H20N2O3. The van der Waals surface area contributed by atoms with Crippen LogP contribution in [0.5, 0.6) is 0 Å². The summed E-state index contributed by atoms with van der Waals surface area (Å²) in [4.78, 5) is 14.1. The van der Waals surface area contributed by atoms with Crippen molar-refractivity contribution in [1.82, 2.24) is 10.2 Å². The standard InChI is InChI=1S/C11H20N2O3/c1-2-8-7-16-4-3-13(8)11(15)10-5-9(14)6-12-10/h8-10,12,14H,2-7H2,1H3. The van der Waals surface area contributed by atoms with E-state index in [2.05, 4.69) is 12.2 Å². The zero-order chi connectivity index (χ0) is 11.5. The van der Waals surface area contributed by atoms with Gasteiger partial charge in [-0.3, -0.25) is 4.79 Å². The molecule has 2 N–H and O–H groups in total. The number of hydrogen-bond acceptors (Lipinski definition) is 4. The van der Waals surface area contributed by atoms with Gasteiger partial charge in [-0.15, -0.1) is 0 Å². The van der Waals surface area contributed by atoms with Gasteiger partial charge >= 0.3 is 0 Å². The molecule has 3 atom stereocenters. The molecule has 0 spiro atoms. The summed E-state index contributed by atoms with van der Waals surface area (Å²) in [5.74, 6) is 0.117. The van der Waals surface area contributed by atoms with Gasteiger partial charge in [-0.25, -0.2) is 0 Å². The Hall–Kier alpha value is -0.650. The molecule has 2 aliphatic heterocycles. The maximum atomic E-state index is 12.2. The van der Waals surface area contributed by atoms with E-state index in [1.165, 1.54) is 0 Å². The second-order valence-electron chi connectivity index (χ2n) is 4.52. The highest BCUT2D eigenvalue weighted by Crippen LogP contribution is 2.15. The van der Waals surface area contributed by atoms with Crippen molar-refractivity contribution in [3.63, 3.8) is 0 Å². The summed E-state index contributed by atoms with van der Waals surface area (Å²) in [5.41, 5.74) is 0. The minimum Gasteiger partial charge on any atom is -0.392 e. The van der Waals surface area contributed by atoms with Crippen LogP contribution in [0.2, 0.25) is 0 Å². The van der Waals surface area contributed by atoms with Crippen LogP contribution in [-0.4, -0.2) is 60.4 Å². The van der Waals surface area contributed by atoms with E-state index in [1.54, 1.807) is 0 Å². The van der Waals surface area contributed by atoms with Crippen LogP contribution < -0.4 is 5.32 Å². The Kier molecular flexibility index (Phi) is 3.78. The van der Waals surface area contributed by atoms with E-state index in [1.807, 2.05) is 4.90 Å². The van der Waals surface area contributed by atoms with E-state index in [0.29, 0.717) is 32.7 Å². The fourth-order valence-corrected chi connectivity index (χ4v) is 2.39. The van der Waals surface area contributed by atoms with Crippen LogP contribution in [0.15, 0.2) is 0 Å². The van der Waals surface area contributed by atoms with Gasteiger partial charge in [0, 0.05) is 13.1 Å². The quantitative estimate of drug-likeness (QED) is 0.659. The van der Waals surface area contributed by atoms with Crippen molar-refractivity contribution >= 4 is 5.91 Å². The first-order valence-electron chi connectivity index (χ1n) is 6.02. The van der Waals surface area contributed by atoms with Gasteiger partial charge < -0.3 is 20.1 Å². The van der Waals surface area contributed by atoms with E-state index in [-0.39, 0.29) is 24.1 Å². The average molecular weight is 228 g/mol. The van der Waals surface area contributed by atoms with E-state index < -0.39 is 0 Å². The SMILES string of the molecule is CCC1COCCN1C(=O)C1CC(O)CN1. The number of carbonyl (C=O) groups excluding carboxylic acids is 1. The molecule has 1 amide bonds. The van der Waals surface area contributed by atoms with Crippen LogP contribution in [0.1, 0.15) is 19.8 Å². The molecular weight excluding hydrogens is 208 g/mol. The Morgan fingerprint density at radius 1 is 1.62 bits per heavy atom. The van der Waals surface area contributed by atoms with Gasteiger partial charge in [0.1, 0.15) is 0 Å². The molecule has 0 aliphatic carbocycles. The third-order valence-corrected chi connectivity index (χ3v) is 3.39. The number of nitrogens with one attached hydrogen (secondary N) is 1. The maximum Gasteiger partial charge on any atom is 0.240 e. The van der Waals surface area contributed by atoms with Crippen LogP contribution in [0.4, 0.5) is 0 Å². The molecule has 0 bridgehead atoms. The summed E-state index contributed by atoms with van der Waals surface area (Å²) in [7, 11) is 0. The van der Waals surface area contributed by atoms with Crippen LogP contribution in [-0.2, 0) is 9.53 Å². The fraction of sp³-hybridized carbons (Fsp3) is 0.909. The van der Waals surface area contributed by atoms with Crippen molar-refractivity contribution in [2.24, 2.45) is 0 Å². The highest BCUT2D eigenvalue weighted by molar-refractivity contribution is 5.82. The Morgan fingerprint density at radius 3 is 3.06 bits per heavy atom. The Morgan fingerprint density at radius 2 is 2.44 bits per heavy atom. The lowest BCUT2D eigenvalue weighted by molar-refractivity contribution is -0.142. The number of aliphatic hydroxyl groups excluding tert-OH is 1. The molecule has 2 heterocycles. The van der Waals surface area contributed by atoms with Crippen LogP contribution in [0, 0.1) is 0 Å². The summed E-state index contributed by atoms with van der Waals surface area (Å²) in [5, 5.41) is 12.5. The Labute approximate surface area is 95.8 Å². The Balaban J connectivity index is 1.96. The minimum atomic E-state index is -0.380. The first-order chi connectivity index (χ1) is 7.72. The summed E-state index contributed by atoms with van der Waals surface area (Å²) >= 11 is 0. The summed E-state index contributed by atoms with van der Waals surface area (Å²) < 4.78 is 5.37. The molecule has 2 rings (SSSR count). The number of morpholine rings is 1. The number of ether oxygens (including phenoxy) is 1. The molecule has 2 saturated heterocycles. The van der Waals surface area contributed by atoms with E-state index in [4.69, 9.17) is 4.74 Å². The summed E-state index contributed by atoms with van der Waals surface area (Å²) in [6, 6.07) is -0.0112. The number of nitrogens with zero attached hydrogens (tertiary/aromatic N) is 1. The van der Waals surface area contributed by atoms with E-state index in [9.17, 15) is 9.90 Å². The van der Waals surface area contributed by atoms with Crippen molar-refractivity contribution in [3.05, 3.63) is 0 Å². The highest BCUT2D eigenvalue weighted by Gasteiger charge is 2.34. The van der Waals surface area contributed by atoms with E-state index in [0.717, 1.165) is 6.42 Å². The number of carbonyl (C=O) groups is 1. The molecule has 2 fully saturated rings. The highest BCUT2D eigenvalue weighted by atomic mass is 16.5. The van der Waals surface area contributed by atoms with Crippen molar-refractivity contribution in [1.29, 1.82) is 0 Å². The van der Waals surface area contributed by atoms with Gasteiger partial charge in [-0.1, -0.05) is 6.92 Å². The smallest absolute Gasteiger partial charge is 0.240 e. The minimum absolute atomic E-state index is 0.117. The predicted molar refractivity (Wildman–Crippen MR) is 59.0 cm³/mol. The van der Waals surface area contributed by atoms with Gasteiger partial charge in [0.25, 0.3) is 0 Å². The van der Waals surface area contributed by atoms with Crippen molar-refractivity contribution in [2.75, 3.05) is 26.3 Å². The molecule has 5 heteroatoms.